The fraction of sp³-hybridized carbons (Fsp3) is 0.333. The molecule has 1 aliphatic heterocycles. The van der Waals surface area contributed by atoms with Gasteiger partial charge in [0.05, 0.1) is 22.3 Å². The molecule has 1 saturated heterocycles. The number of nitro benzene ring substituents is 1. The van der Waals surface area contributed by atoms with Gasteiger partial charge in [-0.25, -0.2) is 4.79 Å². The highest BCUT2D eigenvalue weighted by Crippen LogP contribution is 2.22. The quantitative estimate of drug-likeness (QED) is 0.400. The summed E-state index contributed by atoms with van der Waals surface area (Å²) in [4.78, 5) is 34.5. The molecule has 0 saturated carbocycles. The molecule has 2 aromatic carbocycles. The number of nitrogens with zero attached hydrogens (tertiary/aromatic N) is 1. The highest BCUT2D eigenvalue weighted by atomic mass is 16.6. The van der Waals surface area contributed by atoms with Crippen molar-refractivity contribution in [3.63, 3.8) is 0 Å². The average Bonchev–Trinajstić information content (AvgIpc) is 3.26. The number of ether oxygens (including phenoxy) is 3. The van der Waals surface area contributed by atoms with Crippen molar-refractivity contribution in [2.24, 2.45) is 0 Å². The van der Waals surface area contributed by atoms with Gasteiger partial charge in [-0.1, -0.05) is 6.07 Å². The highest BCUT2D eigenvalue weighted by Gasteiger charge is 2.17. The monoisotopic (exact) mass is 414 g/mol. The van der Waals surface area contributed by atoms with Crippen molar-refractivity contribution in [3.05, 3.63) is 63.7 Å². The number of nitro groups is 1. The summed E-state index contributed by atoms with van der Waals surface area (Å²) >= 11 is 0. The molecule has 1 aliphatic rings. The van der Waals surface area contributed by atoms with Gasteiger partial charge in [-0.3, -0.25) is 14.9 Å². The second kappa shape index (κ2) is 9.84. The molecule has 158 valence electrons. The van der Waals surface area contributed by atoms with Crippen LogP contribution in [0, 0.1) is 17.0 Å². The van der Waals surface area contributed by atoms with Crippen molar-refractivity contribution >= 4 is 23.3 Å². The number of hydrogen-bond donors (Lipinski definition) is 1. The fourth-order valence-corrected chi connectivity index (χ4v) is 2.91. The Labute approximate surface area is 173 Å². The van der Waals surface area contributed by atoms with E-state index in [9.17, 15) is 19.7 Å². The molecule has 1 fully saturated rings. The SMILES string of the molecule is Cc1ccc([N+](=O)[O-])cc1NC(=O)COC(=O)c1ccc(OCC2CCCO2)cc1. The number of amides is 1. The molecule has 0 aromatic heterocycles. The third-order valence-corrected chi connectivity index (χ3v) is 4.59. The van der Waals surface area contributed by atoms with E-state index in [1.807, 2.05) is 0 Å². The van der Waals surface area contributed by atoms with Gasteiger partial charge in [0.1, 0.15) is 12.4 Å². The minimum atomic E-state index is -0.661. The van der Waals surface area contributed by atoms with E-state index < -0.39 is 23.4 Å². The number of benzene rings is 2. The average molecular weight is 414 g/mol. The zero-order valence-corrected chi connectivity index (χ0v) is 16.5. The normalized spacial score (nSPS) is 15.4. The molecule has 0 bridgehead atoms. The Hall–Kier alpha value is -3.46. The molecule has 0 radical (unpaired) electrons. The topological polar surface area (TPSA) is 117 Å². The number of hydrogen-bond acceptors (Lipinski definition) is 7. The van der Waals surface area contributed by atoms with Crippen LogP contribution in [-0.4, -0.2) is 42.7 Å². The van der Waals surface area contributed by atoms with Crippen LogP contribution in [0.25, 0.3) is 0 Å². The summed E-state index contributed by atoms with van der Waals surface area (Å²) in [6.45, 7) is 2.40. The maximum atomic E-state index is 12.1. The van der Waals surface area contributed by atoms with Gasteiger partial charge in [-0.05, 0) is 49.6 Å². The van der Waals surface area contributed by atoms with Crippen LogP contribution in [0.3, 0.4) is 0 Å². The van der Waals surface area contributed by atoms with Crippen LogP contribution in [0.5, 0.6) is 5.75 Å². The maximum absolute atomic E-state index is 12.1. The minimum absolute atomic E-state index is 0.0999. The van der Waals surface area contributed by atoms with Crippen molar-refractivity contribution in [1.82, 2.24) is 0 Å². The van der Waals surface area contributed by atoms with Crippen LogP contribution in [0.4, 0.5) is 11.4 Å². The van der Waals surface area contributed by atoms with Crippen molar-refractivity contribution in [2.45, 2.75) is 25.9 Å². The number of nitrogens with one attached hydrogen (secondary N) is 1. The fourth-order valence-electron chi connectivity index (χ4n) is 2.91. The van der Waals surface area contributed by atoms with Gasteiger partial charge in [0.15, 0.2) is 6.61 Å². The number of esters is 1. The summed E-state index contributed by atoms with van der Waals surface area (Å²) in [6.07, 6.45) is 2.11. The van der Waals surface area contributed by atoms with Crippen LogP contribution in [-0.2, 0) is 14.3 Å². The van der Waals surface area contributed by atoms with Crippen molar-refractivity contribution in [1.29, 1.82) is 0 Å². The summed E-state index contributed by atoms with van der Waals surface area (Å²) < 4.78 is 16.1. The first-order chi connectivity index (χ1) is 14.4. The van der Waals surface area contributed by atoms with Crippen molar-refractivity contribution in [3.8, 4) is 5.75 Å². The Morgan fingerprint density at radius 3 is 2.67 bits per heavy atom. The van der Waals surface area contributed by atoms with Gasteiger partial charge in [0, 0.05) is 18.7 Å². The van der Waals surface area contributed by atoms with E-state index >= 15 is 0 Å². The zero-order chi connectivity index (χ0) is 21.5. The first kappa shape index (κ1) is 21.3. The van der Waals surface area contributed by atoms with E-state index in [-0.39, 0.29) is 23.0 Å². The second-order valence-corrected chi connectivity index (χ2v) is 6.85. The minimum Gasteiger partial charge on any atom is -0.491 e. The van der Waals surface area contributed by atoms with Crippen LogP contribution in [0.1, 0.15) is 28.8 Å². The number of non-ortho nitro benzene ring substituents is 1. The predicted molar refractivity (Wildman–Crippen MR) is 108 cm³/mol. The number of rotatable bonds is 8. The summed E-state index contributed by atoms with van der Waals surface area (Å²) in [6, 6.07) is 10.5. The number of anilines is 1. The number of aryl methyl sites for hydroxylation is 1. The second-order valence-electron chi connectivity index (χ2n) is 6.85. The molecule has 0 spiro atoms. The molecule has 1 atom stereocenters. The molecule has 3 rings (SSSR count). The standard InChI is InChI=1S/C21H22N2O7/c1-14-4-7-16(23(26)27)11-19(14)22-20(24)13-30-21(25)15-5-8-17(9-6-15)29-12-18-3-2-10-28-18/h4-9,11,18H,2-3,10,12-13H2,1H3,(H,22,24). The molecular weight excluding hydrogens is 392 g/mol. The smallest absolute Gasteiger partial charge is 0.338 e. The van der Waals surface area contributed by atoms with Gasteiger partial charge in [-0.15, -0.1) is 0 Å². The molecule has 30 heavy (non-hydrogen) atoms. The number of carbonyl (C=O) groups is 2. The summed E-state index contributed by atoms with van der Waals surface area (Å²) in [5, 5.41) is 13.4. The van der Waals surface area contributed by atoms with Crippen LogP contribution in [0.2, 0.25) is 0 Å². The molecule has 1 heterocycles. The summed E-state index contributed by atoms with van der Waals surface area (Å²) in [5.41, 5.74) is 1.07. The van der Waals surface area contributed by atoms with Gasteiger partial charge >= 0.3 is 5.97 Å². The molecule has 1 unspecified atom stereocenters. The first-order valence-electron chi connectivity index (χ1n) is 9.49. The van der Waals surface area contributed by atoms with Crippen LogP contribution >= 0.6 is 0 Å². The lowest BCUT2D eigenvalue weighted by Gasteiger charge is -2.12. The maximum Gasteiger partial charge on any atom is 0.338 e. The van der Waals surface area contributed by atoms with E-state index in [4.69, 9.17) is 14.2 Å². The van der Waals surface area contributed by atoms with E-state index in [0.717, 1.165) is 19.4 Å². The predicted octanol–water partition coefficient (Wildman–Crippen LogP) is 3.26. The Morgan fingerprint density at radius 1 is 1.23 bits per heavy atom. The van der Waals surface area contributed by atoms with Gasteiger partial charge < -0.3 is 19.5 Å². The molecular formula is C21H22N2O7. The lowest BCUT2D eigenvalue weighted by Crippen LogP contribution is -2.21. The highest BCUT2D eigenvalue weighted by molar-refractivity contribution is 5.96. The Kier molecular flexibility index (Phi) is 6.97. The van der Waals surface area contributed by atoms with Crippen molar-refractivity contribution < 1.29 is 28.7 Å². The van der Waals surface area contributed by atoms with E-state index in [2.05, 4.69) is 5.32 Å². The number of carbonyl (C=O) groups excluding carboxylic acids is 2. The molecule has 1 N–H and O–H groups in total. The lowest BCUT2D eigenvalue weighted by molar-refractivity contribution is -0.384. The Balaban J connectivity index is 1.48. The Bertz CT molecular complexity index is 921. The molecule has 9 heteroatoms. The van der Waals surface area contributed by atoms with Gasteiger partial charge in [-0.2, -0.15) is 0 Å². The van der Waals surface area contributed by atoms with E-state index in [1.165, 1.54) is 18.2 Å². The molecule has 2 aromatic rings. The van der Waals surface area contributed by atoms with Crippen molar-refractivity contribution in [2.75, 3.05) is 25.1 Å². The third-order valence-electron chi connectivity index (χ3n) is 4.59. The Morgan fingerprint density at radius 2 is 2.00 bits per heavy atom. The lowest BCUT2D eigenvalue weighted by atomic mass is 10.2. The van der Waals surface area contributed by atoms with Gasteiger partial charge in [0.25, 0.3) is 11.6 Å². The van der Waals surface area contributed by atoms with E-state index in [1.54, 1.807) is 31.2 Å². The van der Waals surface area contributed by atoms with Gasteiger partial charge in [0.2, 0.25) is 0 Å². The van der Waals surface area contributed by atoms with Crippen LogP contribution in [0.15, 0.2) is 42.5 Å². The third kappa shape index (κ3) is 5.77. The zero-order valence-electron chi connectivity index (χ0n) is 16.5. The molecule has 9 nitrogen and oxygen atoms in total. The first-order valence-corrected chi connectivity index (χ1v) is 9.49. The summed E-state index contributed by atoms with van der Waals surface area (Å²) in [7, 11) is 0. The largest absolute Gasteiger partial charge is 0.491 e. The molecule has 0 aliphatic carbocycles. The van der Waals surface area contributed by atoms with Crippen LogP contribution < -0.4 is 10.1 Å². The summed E-state index contributed by atoms with van der Waals surface area (Å²) in [5.74, 6) is -0.643. The van der Waals surface area contributed by atoms with E-state index in [0.29, 0.717) is 17.9 Å². The molecule has 1 amide bonds.